The number of nitrogens with two attached hydrogens (primary N) is 1. The second kappa shape index (κ2) is 5.91. The number of para-hydroxylation sites is 1. The monoisotopic (exact) mass is 267 g/mol. The van der Waals surface area contributed by atoms with Crippen LogP contribution >= 0.6 is 11.6 Å². The number of hydrogen-bond donors (Lipinski definition) is 1. The van der Waals surface area contributed by atoms with E-state index in [-0.39, 0.29) is 0 Å². The number of halogens is 1. The Kier molecular flexibility index (Phi) is 4.49. The van der Waals surface area contributed by atoms with Gasteiger partial charge < -0.3 is 15.5 Å². The number of benzene rings is 1. The van der Waals surface area contributed by atoms with Crippen molar-refractivity contribution in [2.75, 3.05) is 31.6 Å². The van der Waals surface area contributed by atoms with E-state index in [1.165, 1.54) is 0 Å². The van der Waals surface area contributed by atoms with Crippen LogP contribution in [0.1, 0.15) is 13.3 Å². The number of anilines is 1. The summed E-state index contributed by atoms with van der Waals surface area (Å²) in [4.78, 5) is 4.75. The highest BCUT2D eigenvalue weighted by atomic mass is 35.5. The highest BCUT2D eigenvalue weighted by Gasteiger charge is 2.26. The zero-order valence-electron chi connectivity index (χ0n) is 11.1. The Morgan fingerprint density at radius 2 is 2.11 bits per heavy atom. The van der Waals surface area contributed by atoms with Crippen molar-refractivity contribution in [1.29, 1.82) is 0 Å². The molecule has 2 atom stereocenters. The molecule has 2 rings (SSSR count). The van der Waals surface area contributed by atoms with E-state index in [9.17, 15) is 0 Å². The predicted molar refractivity (Wildman–Crippen MR) is 78.3 cm³/mol. The third kappa shape index (κ3) is 2.79. The maximum absolute atomic E-state index is 6.32. The molecule has 0 spiro atoms. The van der Waals surface area contributed by atoms with Crippen LogP contribution in [0, 0.1) is 0 Å². The lowest BCUT2D eigenvalue weighted by molar-refractivity contribution is 0.265. The van der Waals surface area contributed by atoms with Crippen molar-refractivity contribution in [3.05, 3.63) is 29.3 Å². The maximum Gasteiger partial charge on any atom is 0.0639 e. The summed E-state index contributed by atoms with van der Waals surface area (Å²) >= 11 is 6.32. The Morgan fingerprint density at radius 3 is 2.78 bits per heavy atom. The smallest absolute Gasteiger partial charge is 0.0639 e. The van der Waals surface area contributed by atoms with E-state index in [2.05, 4.69) is 29.8 Å². The van der Waals surface area contributed by atoms with Crippen LogP contribution in [0.25, 0.3) is 0 Å². The van der Waals surface area contributed by atoms with Crippen LogP contribution in [0.4, 0.5) is 5.69 Å². The van der Waals surface area contributed by atoms with E-state index in [0.717, 1.165) is 30.2 Å². The fourth-order valence-electron chi connectivity index (χ4n) is 2.55. The van der Waals surface area contributed by atoms with E-state index >= 15 is 0 Å². The number of rotatable bonds is 2. The third-order valence-electron chi connectivity index (χ3n) is 3.90. The molecule has 1 saturated heterocycles. The van der Waals surface area contributed by atoms with E-state index in [4.69, 9.17) is 17.3 Å². The van der Waals surface area contributed by atoms with E-state index < -0.39 is 0 Å². The highest BCUT2D eigenvalue weighted by Crippen LogP contribution is 2.29. The molecule has 4 heteroatoms. The van der Waals surface area contributed by atoms with Crippen molar-refractivity contribution in [1.82, 2.24) is 4.90 Å². The van der Waals surface area contributed by atoms with Crippen LogP contribution in [-0.2, 0) is 0 Å². The largest absolute Gasteiger partial charge is 0.366 e. The minimum atomic E-state index is 0.395. The molecule has 2 N–H and O–H groups in total. The van der Waals surface area contributed by atoms with Crippen molar-refractivity contribution >= 4 is 17.3 Å². The van der Waals surface area contributed by atoms with Crippen LogP contribution in [0.5, 0.6) is 0 Å². The van der Waals surface area contributed by atoms with Gasteiger partial charge in [0.15, 0.2) is 0 Å². The first-order chi connectivity index (χ1) is 8.63. The van der Waals surface area contributed by atoms with E-state index in [1.54, 1.807) is 0 Å². The van der Waals surface area contributed by atoms with E-state index in [0.29, 0.717) is 18.6 Å². The molecule has 1 aromatic rings. The zero-order chi connectivity index (χ0) is 13.1. The number of likely N-dealkylation sites (N-methyl/N-ethyl adjacent to an activating group) is 1. The second-order valence-electron chi connectivity index (χ2n) is 5.11. The number of nitrogens with zero attached hydrogens (tertiary/aromatic N) is 2. The van der Waals surface area contributed by atoms with E-state index in [1.807, 2.05) is 18.2 Å². The molecule has 0 aromatic heterocycles. The Morgan fingerprint density at radius 1 is 1.39 bits per heavy atom. The van der Waals surface area contributed by atoms with Crippen LogP contribution in [0.2, 0.25) is 5.02 Å². The van der Waals surface area contributed by atoms with Gasteiger partial charge in [-0.05, 0) is 32.5 Å². The Labute approximate surface area is 115 Å². The molecule has 2 unspecified atom stereocenters. The number of hydrogen-bond acceptors (Lipinski definition) is 3. The van der Waals surface area contributed by atoms with Gasteiger partial charge in [-0.15, -0.1) is 0 Å². The van der Waals surface area contributed by atoms with Gasteiger partial charge >= 0.3 is 0 Å². The first-order valence-electron chi connectivity index (χ1n) is 6.55. The molecular formula is C14H22ClN3. The molecule has 0 aliphatic carbocycles. The van der Waals surface area contributed by atoms with Gasteiger partial charge in [0.25, 0.3) is 0 Å². The van der Waals surface area contributed by atoms with Crippen LogP contribution in [0.15, 0.2) is 24.3 Å². The predicted octanol–water partition coefficient (Wildman–Crippen LogP) is 2.20. The molecule has 0 radical (unpaired) electrons. The lowest BCUT2D eigenvalue weighted by atomic mass is 10.1. The summed E-state index contributed by atoms with van der Waals surface area (Å²) < 4.78 is 0. The molecular weight excluding hydrogens is 246 g/mol. The topological polar surface area (TPSA) is 32.5 Å². The first kappa shape index (κ1) is 13.7. The Bertz CT molecular complexity index is 396. The van der Waals surface area contributed by atoms with Crippen molar-refractivity contribution in [3.63, 3.8) is 0 Å². The molecule has 1 aliphatic rings. The maximum atomic E-state index is 6.32. The summed E-state index contributed by atoms with van der Waals surface area (Å²) in [5.41, 5.74) is 7.01. The van der Waals surface area contributed by atoms with Crippen LogP contribution in [-0.4, -0.2) is 43.7 Å². The summed E-state index contributed by atoms with van der Waals surface area (Å²) in [6, 6.07) is 8.95. The van der Waals surface area contributed by atoms with Crippen LogP contribution in [0.3, 0.4) is 0 Å². The average molecular weight is 268 g/mol. The standard InChI is InChI=1S/C14H22ClN3/c1-11-7-8-17(2)12(9-16)10-18(11)14-6-4-3-5-13(14)15/h3-6,11-12H,7-10,16H2,1-2H3. The van der Waals surface area contributed by atoms with Gasteiger partial charge in [-0.25, -0.2) is 0 Å². The van der Waals surface area contributed by atoms with Gasteiger partial charge in [0.05, 0.1) is 10.7 Å². The quantitative estimate of drug-likeness (QED) is 0.892. The summed E-state index contributed by atoms with van der Waals surface area (Å²) in [6.07, 6.45) is 1.14. The van der Waals surface area contributed by atoms with Gasteiger partial charge in [-0.3, -0.25) is 0 Å². The fourth-order valence-corrected chi connectivity index (χ4v) is 2.79. The fraction of sp³-hybridized carbons (Fsp3) is 0.571. The SMILES string of the molecule is CC1CCN(C)C(CN)CN1c1ccccc1Cl. The van der Waals surface area contributed by atoms with Crippen molar-refractivity contribution in [2.24, 2.45) is 5.73 Å². The van der Waals surface area contributed by atoms with Gasteiger partial charge in [-0.1, -0.05) is 23.7 Å². The Hall–Kier alpha value is -0.770. The zero-order valence-corrected chi connectivity index (χ0v) is 11.9. The lowest BCUT2D eigenvalue weighted by Crippen LogP contribution is -2.45. The highest BCUT2D eigenvalue weighted by molar-refractivity contribution is 6.33. The molecule has 1 heterocycles. The summed E-state index contributed by atoms with van der Waals surface area (Å²) in [5, 5.41) is 0.824. The summed E-state index contributed by atoms with van der Waals surface area (Å²) in [5.74, 6) is 0. The summed E-state index contributed by atoms with van der Waals surface area (Å²) in [6.45, 7) is 4.97. The molecule has 100 valence electrons. The molecule has 1 aromatic carbocycles. The van der Waals surface area contributed by atoms with Gasteiger partial charge in [-0.2, -0.15) is 0 Å². The second-order valence-corrected chi connectivity index (χ2v) is 5.52. The molecule has 1 fully saturated rings. The first-order valence-corrected chi connectivity index (χ1v) is 6.92. The van der Waals surface area contributed by atoms with Gasteiger partial charge in [0.1, 0.15) is 0 Å². The third-order valence-corrected chi connectivity index (χ3v) is 4.22. The summed E-state index contributed by atoms with van der Waals surface area (Å²) in [7, 11) is 2.15. The normalized spacial score (nSPS) is 26.1. The van der Waals surface area contributed by atoms with Gasteiger partial charge in [0, 0.05) is 31.7 Å². The molecule has 1 aliphatic heterocycles. The molecule has 3 nitrogen and oxygen atoms in total. The molecule has 18 heavy (non-hydrogen) atoms. The Balaban J connectivity index is 2.27. The van der Waals surface area contributed by atoms with Gasteiger partial charge in [0.2, 0.25) is 0 Å². The van der Waals surface area contributed by atoms with Crippen molar-refractivity contribution in [3.8, 4) is 0 Å². The molecule has 0 saturated carbocycles. The minimum Gasteiger partial charge on any atom is -0.366 e. The minimum absolute atomic E-state index is 0.395. The lowest BCUT2D eigenvalue weighted by Gasteiger charge is -2.33. The van der Waals surface area contributed by atoms with Crippen molar-refractivity contribution < 1.29 is 0 Å². The molecule has 0 bridgehead atoms. The van der Waals surface area contributed by atoms with Crippen molar-refractivity contribution in [2.45, 2.75) is 25.4 Å². The van der Waals surface area contributed by atoms with Crippen LogP contribution < -0.4 is 10.6 Å². The molecule has 0 amide bonds. The average Bonchev–Trinajstić information content (AvgIpc) is 2.51.